The van der Waals surface area contributed by atoms with Crippen molar-refractivity contribution in [3.8, 4) is 6.07 Å². The molecule has 0 heterocycles. The van der Waals surface area contributed by atoms with Gasteiger partial charge in [0.25, 0.3) is 0 Å². The summed E-state index contributed by atoms with van der Waals surface area (Å²) in [5.41, 5.74) is 1.78. The summed E-state index contributed by atoms with van der Waals surface area (Å²) in [5, 5.41) is 12.3. The zero-order valence-electron chi connectivity index (χ0n) is 9.67. The number of nitrogens with zero attached hydrogens (tertiary/aromatic N) is 1. The Balaban J connectivity index is 2.77. The first-order valence-electron chi connectivity index (χ1n) is 5.36. The summed E-state index contributed by atoms with van der Waals surface area (Å²) in [6.07, 6.45) is 1.12. The quantitative estimate of drug-likeness (QED) is 0.813. The van der Waals surface area contributed by atoms with E-state index in [1.165, 1.54) is 0 Å². The predicted molar refractivity (Wildman–Crippen MR) is 63.9 cm³/mol. The van der Waals surface area contributed by atoms with Crippen LogP contribution in [0.15, 0.2) is 24.3 Å². The van der Waals surface area contributed by atoms with E-state index in [-0.39, 0.29) is 0 Å². The Morgan fingerprint density at radius 3 is 2.33 bits per heavy atom. The van der Waals surface area contributed by atoms with Gasteiger partial charge in [0.2, 0.25) is 0 Å². The summed E-state index contributed by atoms with van der Waals surface area (Å²) >= 11 is 0. The average molecular weight is 202 g/mol. The molecule has 15 heavy (non-hydrogen) atoms. The molecule has 0 saturated carbocycles. The first-order chi connectivity index (χ1) is 7.10. The molecule has 2 nitrogen and oxygen atoms in total. The van der Waals surface area contributed by atoms with E-state index in [9.17, 15) is 0 Å². The van der Waals surface area contributed by atoms with Gasteiger partial charge in [0, 0.05) is 12.2 Å². The molecule has 0 atom stereocenters. The molecule has 1 N–H and O–H groups in total. The standard InChI is InChI=1S/C13H18N2/c1-4-9-15-12-7-5-11(6-8-12)13(2,3)10-14/h5-8,15H,4,9H2,1-3H3. The van der Waals surface area contributed by atoms with Crippen LogP contribution in [0.25, 0.3) is 0 Å². The van der Waals surface area contributed by atoms with Crippen molar-refractivity contribution in [2.24, 2.45) is 0 Å². The lowest BCUT2D eigenvalue weighted by Crippen LogP contribution is -2.13. The molecule has 0 saturated heterocycles. The van der Waals surface area contributed by atoms with E-state index < -0.39 is 5.41 Å². The Morgan fingerprint density at radius 1 is 1.27 bits per heavy atom. The van der Waals surface area contributed by atoms with Gasteiger partial charge < -0.3 is 5.32 Å². The Morgan fingerprint density at radius 2 is 1.87 bits per heavy atom. The highest BCUT2D eigenvalue weighted by atomic mass is 14.9. The van der Waals surface area contributed by atoms with Crippen LogP contribution in [0.5, 0.6) is 0 Å². The monoisotopic (exact) mass is 202 g/mol. The van der Waals surface area contributed by atoms with E-state index in [2.05, 4.69) is 18.3 Å². The molecule has 0 spiro atoms. The Bertz CT molecular complexity index is 344. The Kier molecular flexibility index (Phi) is 3.74. The second kappa shape index (κ2) is 4.84. The van der Waals surface area contributed by atoms with Crippen molar-refractivity contribution in [2.45, 2.75) is 32.6 Å². The number of nitrogens with one attached hydrogen (secondary N) is 1. The fourth-order valence-corrected chi connectivity index (χ4v) is 1.34. The van der Waals surface area contributed by atoms with Gasteiger partial charge >= 0.3 is 0 Å². The van der Waals surface area contributed by atoms with E-state index >= 15 is 0 Å². The van der Waals surface area contributed by atoms with E-state index in [4.69, 9.17) is 5.26 Å². The van der Waals surface area contributed by atoms with Gasteiger partial charge in [0.1, 0.15) is 0 Å². The number of anilines is 1. The predicted octanol–water partition coefficient (Wildman–Crippen LogP) is 3.31. The molecular formula is C13H18N2. The van der Waals surface area contributed by atoms with E-state index in [1.807, 2.05) is 38.1 Å². The van der Waals surface area contributed by atoms with Crippen molar-refractivity contribution in [3.63, 3.8) is 0 Å². The molecule has 0 fully saturated rings. The number of hydrogen-bond acceptors (Lipinski definition) is 2. The molecule has 1 aromatic rings. The van der Waals surface area contributed by atoms with Gasteiger partial charge in [-0.2, -0.15) is 5.26 Å². The maximum atomic E-state index is 8.99. The van der Waals surface area contributed by atoms with Crippen molar-refractivity contribution < 1.29 is 0 Å². The normalized spacial score (nSPS) is 10.8. The van der Waals surface area contributed by atoms with E-state index in [0.29, 0.717) is 0 Å². The van der Waals surface area contributed by atoms with Crippen LogP contribution < -0.4 is 5.32 Å². The SMILES string of the molecule is CCCNc1ccc(C(C)(C)C#N)cc1. The topological polar surface area (TPSA) is 35.8 Å². The van der Waals surface area contributed by atoms with Crippen LogP contribution in [-0.2, 0) is 5.41 Å². The summed E-state index contributed by atoms with van der Waals surface area (Å²) < 4.78 is 0. The summed E-state index contributed by atoms with van der Waals surface area (Å²) in [7, 11) is 0. The van der Waals surface area contributed by atoms with Crippen molar-refractivity contribution in [1.82, 2.24) is 0 Å². The molecular weight excluding hydrogens is 184 g/mol. The van der Waals surface area contributed by atoms with Crippen LogP contribution in [0.3, 0.4) is 0 Å². The lowest BCUT2D eigenvalue weighted by Gasteiger charge is -2.16. The van der Waals surface area contributed by atoms with Crippen LogP contribution in [0, 0.1) is 11.3 Å². The molecule has 0 amide bonds. The molecule has 0 aromatic heterocycles. The molecule has 0 aliphatic carbocycles. The highest BCUT2D eigenvalue weighted by molar-refractivity contribution is 5.46. The lowest BCUT2D eigenvalue weighted by molar-refractivity contribution is 0.687. The third-order valence-corrected chi connectivity index (χ3v) is 2.47. The highest BCUT2D eigenvalue weighted by Gasteiger charge is 2.18. The number of benzene rings is 1. The number of hydrogen-bond donors (Lipinski definition) is 1. The zero-order chi connectivity index (χ0) is 11.3. The highest BCUT2D eigenvalue weighted by Crippen LogP contribution is 2.23. The lowest BCUT2D eigenvalue weighted by atomic mass is 9.86. The van der Waals surface area contributed by atoms with Crippen LogP contribution in [0.1, 0.15) is 32.8 Å². The summed E-state index contributed by atoms with van der Waals surface area (Å²) in [6.45, 7) is 6.99. The molecule has 1 aromatic carbocycles. The summed E-state index contributed by atoms with van der Waals surface area (Å²) in [5.74, 6) is 0. The third kappa shape index (κ3) is 2.99. The second-order valence-electron chi connectivity index (χ2n) is 4.24. The van der Waals surface area contributed by atoms with Crippen LogP contribution in [0.2, 0.25) is 0 Å². The number of rotatable bonds is 4. The fourth-order valence-electron chi connectivity index (χ4n) is 1.34. The zero-order valence-corrected chi connectivity index (χ0v) is 9.67. The van der Waals surface area contributed by atoms with Gasteiger partial charge in [-0.15, -0.1) is 0 Å². The van der Waals surface area contributed by atoms with E-state index in [1.54, 1.807) is 0 Å². The Hall–Kier alpha value is -1.49. The molecule has 2 heteroatoms. The van der Waals surface area contributed by atoms with Gasteiger partial charge in [-0.25, -0.2) is 0 Å². The van der Waals surface area contributed by atoms with Crippen molar-refractivity contribution in [2.75, 3.05) is 11.9 Å². The average Bonchev–Trinajstić information content (AvgIpc) is 2.27. The minimum atomic E-state index is -0.400. The molecule has 80 valence electrons. The van der Waals surface area contributed by atoms with Gasteiger partial charge in [0.05, 0.1) is 11.5 Å². The minimum absolute atomic E-state index is 0.400. The van der Waals surface area contributed by atoms with E-state index in [0.717, 1.165) is 24.2 Å². The summed E-state index contributed by atoms with van der Waals surface area (Å²) in [6, 6.07) is 10.4. The van der Waals surface area contributed by atoms with Gasteiger partial charge in [-0.1, -0.05) is 19.1 Å². The van der Waals surface area contributed by atoms with Crippen molar-refractivity contribution in [3.05, 3.63) is 29.8 Å². The first kappa shape index (κ1) is 11.6. The minimum Gasteiger partial charge on any atom is -0.385 e. The molecule has 0 radical (unpaired) electrons. The molecule has 0 aliphatic heterocycles. The number of nitriles is 1. The summed E-state index contributed by atoms with van der Waals surface area (Å²) in [4.78, 5) is 0. The van der Waals surface area contributed by atoms with Crippen molar-refractivity contribution >= 4 is 5.69 Å². The largest absolute Gasteiger partial charge is 0.385 e. The van der Waals surface area contributed by atoms with Crippen LogP contribution in [0.4, 0.5) is 5.69 Å². The van der Waals surface area contributed by atoms with Gasteiger partial charge in [0.15, 0.2) is 0 Å². The maximum absolute atomic E-state index is 8.99. The maximum Gasteiger partial charge on any atom is 0.0766 e. The first-order valence-corrected chi connectivity index (χ1v) is 5.36. The molecule has 0 bridgehead atoms. The Labute approximate surface area is 91.9 Å². The second-order valence-corrected chi connectivity index (χ2v) is 4.24. The van der Waals surface area contributed by atoms with Gasteiger partial charge in [-0.05, 0) is 38.0 Å². The van der Waals surface area contributed by atoms with Crippen LogP contribution >= 0.6 is 0 Å². The third-order valence-electron chi connectivity index (χ3n) is 2.47. The molecule has 1 rings (SSSR count). The smallest absolute Gasteiger partial charge is 0.0766 e. The van der Waals surface area contributed by atoms with Crippen molar-refractivity contribution in [1.29, 1.82) is 5.26 Å². The van der Waals surface area contributed by atoms with Gasteiger partial charge in [-0.3, -0.25) is 0 Å². The molecule has 0 unspecified atom stereocenters. The fraction of sp³-hybridized carbons (Fsp3) is 0.462. The molecule has 0 aliphatic rings. The van der Waals surface area contributed by atoms with Crippen LogP contribution in [-0.4, -0.2) is 6.54 Å².